The van der Waals surface area contributed by atoms with Gasteiger partial charge in [0.25, 0.3) is 15.9 Å². The molecule has 154 valence electrons. The second kappa shape index (κ2) is 7.64. The number of nitrogens with one attached hydrogen (secondary N) is 2. The molecule has 10 heteroatoms. The summed E-state index contributed by atoms with van der Waals surface area (Å²) in [5.41, 5.74) is 0.285. The molecule has 3 aromatic carbocycles. The summed E-state index contributed by atoms with van der Waals surface area (Å²) in [6.07, 6.45) is 0. The number of sulfonamides is 1. The predicted molar refractivity (Wildman–Crippen MR) is 104 cm³/mol. The largest absolute Gasteiger partial charge is 0.454 e. The molecule has 2 N–H and O–H groups in total. The van der Waals surface area contributed by atoms with E-state index in [1.165, 1.54) is 24.3 Å². The minimum absolute atomic E-state index is 0.0180. The van der Waals surface area contributed by atoms with Crippen molar-refractivity contribution in [2.24, 2.45) is 0 Å². The van der Waals surface area contributed by atoms with Gasteiger partial charge in [0.15, 0.2) is 11.5 Å². The molecule has 0 unspecified atom stereocenters. The monoisotopic (exact) mass is 432 g/mol. The Kier molecular flexibility index (Phi) is 5.00. The molecule has 7 nitrogen and oxygen atoms in total. The molecule has 0 saturated carbocycles. The number of anilines is 2. The molecule has 3 aromatic rings. The van der Waals surface area contributed by atoms with Crippen LogP contribution in [0.4, 0.5) is 20.2 Å². The van der Waals surface area contributed by atoms with Crippen molar-refractivity contribution in [3.8, 4) is 11.5 Å². The molecule has 1 amide bonds. The molecule has 0 aromatic heterocycles. The van der Waals surface area contributed by atoms with Crippen molar-refractivity contribution in [2.45, 2.75) is 4.90 Å². The summed E-state index contributed by atoms with van der Waals surface area (Å²) in [6.45, 7) is 0.0774. The lowest BCUT2D eigenvalue weighted by Gasteiger charge is -2.13. The van der Waals surface area contributed by atoms with Gasteiger partial charge in [0, 0.05) is 11.8 Å². The SMILES string of the molecule is O=C(Nc1ccc2c(c1)OCO2)c1ccccc1NS(=O)(=O)c1cc(F)ccc1F. The molecule has 0 atom stereocenters. The van der Waals surface area contributed by atoms with Gasteiger partial charge in [-0.15, -0.1) is 0 Å². The average Bonchev–Trinajstić information content (AvgIpc) is 3.17. The van der Waals surface area contributed by atoms with Crippen LogP contribution in [0.3, 0.4) is 0 Å². The van der Waals surface area contributed by atoms with Crippen molar-refractivity contribution in [3.05, 3.63) is 77.9 Å². The van der Waals surface area contributed by atoms with Gasteiger partial charge in [0.2, 0.25) is 6.79 Å². The van der Waals surface area contributed by atoms with Crippen LogP contribution in [-0.4, -0.2) is 21.1 Å². The fraction of sp³-hybridized carbons (Fsp3) is 0.0500. The number of amides is 1. The summed E-state index contributed by atoms with van der Waals surface area (Å²) in [5.74, 6) is -1.65. The molecular formula is C20H14F2N2O5S. The maximum absolute atomic E-state index is 13.9. The Morgan fingerprint density at radius 2 is 1.70 bits per heavy atom. The molecule has 1 aliphatic heterocycles. The summed E-state index contributed by atoms with van der Waals surface area (Å²) < 4.78 is 65.1. The topological polar surface area (TPSA) is 93.7 Å². The summed E-state index contributed by atoms with van der Waals surface area (Å²) in [5, 5.41) is 2.63. The third-order valence-electron chi connectivity index (χ3n) is 4.23. The molecule has 0 spiro atoms. The van der Waals surface area contributed by atoms with Crippen LogP contribution < -0.4 is 19.5 Å². The number of benzene rings is 3. The van der Waals surface area contributed by atoms with Crippen molar-refractivity contribution < 1.29 is 31.5 Å². The van der Waals surface area contributed by atoms with Crippen LogP contribution in [0, 0.1) is 11.6 Å². The highest BCUT2D eigenvalue weighted by molar-refractivity contribution is 7.92. The average molecular weight is 432 g/mol. The van der Waals surface area contributed by atoms with Gasteiger partial charge in [0.1, 0.15) is 16.5 Å². The first-order chi connectivity index (χ1) is 14.3. The molecule has 0 saturated heterocycles. The summed E-state index contributed by atoms with van der Waals surface area (Å²) >= 11 is 0. The zero-order valence-corrected chi connectivity index (χ0v) is 16.0. The third kappa shape index (κ3) is 3.90. The molecule has 30 heavy (non-hydrogen) atoms. The first kappa shape index (κ1) is 19.6. The minimum atomic E-state index is -4.48. The van der Waals surface area contributed by atoms with Crippen molar-refractivity contribution >= 4 is 27.3 Å². The normalized spacial score (nSPS) is 12.5. The van der Waals surface area contributed by atoms with E-state index in [0.717, 1.165) is 6.07 Å². The summed E-state index contributed by atoms with van der Waals surface area (Å²) in [7, 11) is -4.48. The lowest BCUT2D eigenvalue weighted by Crippen LogP contribution is -2.19. The quantitative estimate of drug-likeness (QED) is 0.641. The second-order valence-corrected chi connectivity index (χ2v) is 7.90. The van der Waals surface area contributed by atoms with E-state index < -0.39 is 32.5 Å². The van der Waals surface area contributed by atoms with Gasteiger partial charge in [-0.2, -0.15) is 0 Å². The van der Waals surface area contributed by atoms with Gasteiger partial charge in [-0.05, 0) is 42.5 Å². The smallest absolute Gasteiger partial charge is 0.264 e. The fourth-order valence-corrected chi connectivity index (χ4v) is 4.00. The van der Waals surface area contributed by atoms with Crippen LogP contribution in [0.2, 0.25) is 0 Å². The van der Waals surface area contributed by atoms with Crippen molar-refractivity contribution in [3.63, 3.8) is 0 Å². The van der Waals surface area contributed by atoms with Gasteiger partial charge in [-0.3, -0.25) is 9.52 Å². The van der Waals surface area contributed by atoms with Gasteiger partial charge in [0.05, 0.1) is 11.3 Å². The summed E-state index contributed by atoms with van der Waals surface area (Å²) in [6, 6.07) is 12.6. The van der Waals surface area contributed by atoms with E-state index in [2.05, 4.69) is 10.0 Å². The zero-order valence-electron chi connectivity index (χ0n) is 15.2. The molecule has 4 rings (SSSR count). The van der Waals surface area contributed by atoms with E-state index in [0.29, 0.717) is 29.3 Å². The number of para-hydroxylation sites is 1. The Morgan fingerprint density at radius 3 is 2.53 bits per heavy atom. The highest BCUT2D eigenvalue weighted by Crippen LogP contribution is 2.34. The lowest BCUT2D eigenvalue weighted by molar-refractivity contribution is 0.102. The van der Waals surface area contributed by atoms with E-state index >= 15 is 0 Å². The Morgan fingerprint density at radius 1 is 0.933 bits per heavy atom. The standard InChI is InChI=1S/C20H14F2N2O5S/c21-12-5-7-15(22)19(9-12)30(26,27)24-16-4-2-1-3-14(16)20(25)23-13-6-8-17-18(10-13)29-11-28-17/h1-10,24H,11H2,(H,23,25). The van der Waals surface area contributed by atoms with Crippen LogP contribution in [-0.2, 0) is 10.0 Å². The number of hydrogen-bond acceptors (Lipinski definition) is 5. The summed E-state index contributed by atoms with van der Waals surface area (Å²) in [4.78, 5) is 11.9. The van der Waals surface area contributed by atoms with Crippen LogP contribution in [0.15, 0.2) is 65.6 Å². The van der Waals surface area contributed by atoms with Gasteiger partial charge in [-0.25, -0.2) is 17.2 Å². The minimum Gasteiger partial charge on any atom is -0.454 e. The Hall–Kier alpha value is -3.66. The zero-order chi connectivity index (χ0) is 21.3. The van der Waals surface area contributed by atoms with E-state index in [1.54, 1.807) is 18.2 Å². The number of carbonyl (C=O) groups excluding carboxylic acids is 1. The van der Waals surface area contributed by atoms with Crippen LogP contribution in [0.1, 0.15) is 10.4 Å². The molecule has 1 heterocycles. The van der Waals surface area contributed by atoms with E-state index in [9.17, 15) is 22.0 Å². The Balaban J connectivity index is 1.61. The van der Waals surface area contributed by atoms with Crippen LogP contribution in [0.5, 0.6) is 11.5 Å². The first-order valence-corrected chi connectivity index (χ1v) is 10.1. The number of carbonyl (C=O) groups is 1. The predicted octanol–water partition coefficient (Wildman–Crippen LogP) is 3.75. The van der Waals surface area contributed by atoms with Crippen molar-refractivity contribution in [1.82, 2.24) is 0 Å². The number of hydrogen-bond donors (Lipinski definition) is 2. The Labute approximate surface area is 170 Å². The molecule has 1 aliphatic rings. The first-order valence-electron chi connectivity index (χ1n) is 8.61. The number of fused-ring (bicyclic) bond motifs is 1. The van der Waals surface area contributed by atoms with E-state index in [-0.39, 0.29) is 18.0 Å². The van der Waals surface area contributed by atoms with Crippen molar-refractivity contribution in [2.75, 3.05) is 16.8 Å². The number of ether oxygens (including phenoxy) is 2. The number of rotatable bonds is 5. The third-order valence-corrected chi connectivity index (χ3v) is 5.61. The van der Waals surface area contributed by atoms with E-state index in [4.69, 9.17) is 9.47 Å². The molecule has 0 fully saturated rings. The van der Waals surface area contributed by atoms with E-state index in [1.807, 2.05) is 0 Å². The second-order valence-electron chi connectivity index (χ2n) is 6.25. The maximum atomic E-state index is 13.9. The van der Waals surface area contributed by atoms with Crippen LogP contribution >= 0.6 is 0 Å². The number of halogens is 2. The Bertz CT molecular complexity index is 1250. The molecule has 0 radical (unpaired) electrons. The molecule has 0 bridgehead atoms. The van der Waals surface area contributed by atoms with Gasteiger partial charge < -0.3 is 14.8 Å². The molecular weight excluding hydrogens is 418 g/mol. The molecule has 0 aliphatic carbocycles. The lowest BCUT2D eigenvalue weighted by atomic mass is 10.1. The van der Waals surface area contributed by atoms with Crippen LogP contribution in [0.25, 0.3) is 0 Å². The van der Waals surface area contributed by atoms with Crippen molar-refractivity contribution in [1.29, 1.82) is 0 Å². The van der Waals surface area contributed by atoms with Gasteiger partial charge >= 0.3 is 0 Å². The highest BCUT2D eigenvalue weighted by atomic mass is 32.2. The highest BCUT2D eigenvalue weighted by Gasteiger charge is 2.23. The maximum Gasteiger partial charge on any atom is 0.264 e. The fourth-order valence-electron chi connectivity index (χ4n) is 2.83. The van der Waals surface area contributed by atoms with Gasteiger partial charge in [-0.1, -0.05) is 12.1 Å².